The highest BCUT2D eigenvalue weighted by molar-refractivity contribution is 7.89. The van der Waals surface area contributed by atoms with E-state index in [0.717, 1.165) is 38.5 Å². The summed E-state index contributed by atoms with van der Waals surface area (Å²) in [7, 11) is -3.41. The quantitative estimate of drug-likeness (QED) is 0.306. The summed E-state index contributed by atoms with van der Waals surface area (Å²) < 4.78 is 22.0. The molecule has 6 nitrogen and oxygen atoms in total. The molecule has 0 saturated carbocycles. The molecule has 0 rings (SSSR count). The third-order valence-corrected chi connectivity index (χ3v) is 5.01. The van der Waals surface area contributed by atoms with Crippen LogP contribution < -0.4 is 5.14 Å². The number of carbonyl (C=O) groups excluding carboxylic acids is 1. The highest BCUT2D eigenvalue weighted by Crippen LogP contribution is 2.28. The molecule has 24 heavy (non-hydrogen) atoms. The fourth-order valence-corrected chi connectivity index (χ4v) is 3.07. The van der Waals surface area contributed by atoms with Gasteiger partial charge in [-0.3, -0.25) is 4.89 Å². The topological polar surface area (TPSA) is 95.7 Å². The molecule has 2 N–H and O–H groups in total. The Kier molecular flexibility index (Phi) is 10.1. The molecule has 0 heterocycles. The van der Waals surface area contributed by atoms with E-state index in [4.69, 9.17) is 14.9 Å². The number of sulfonamides is 1. The van der Waals surface area contributed by atoms with Gasteiger partial charge in [-0.05, 0) is 44.9 Å². The van der Waals surface area contributed by atoms with Gasteiger partial charge in [0.05, 0.1) is 17.8 Å². The zero-order chi connectivity index (χ0) is 18.9. The average molecular weight is 366 g/mol. The highest BCUT2D eigenvalue weighted by atomic mass is 32.2. The van der Waals surface area contributed by atoms with Crippen molar-refractivity contribution in [3.05, 3.63) is 0 Å². The fourth-order valence-electron chi connectivity index (χ4n) is 2.24. The maximum atomic E-state index is 11.9. The van der Waals surface area contributed by atoms with Crippen molar-refractivity contribution < 1.29 is 23.0 Å². The van der Waals surface area contributed by atoms with Crippen LogP contribution in [0, 0.1) is 10.8 Å². The largest absolute Gasteiger partial charge is 0.347 e. The van der Waals surface area contributed by atoms with Crippen molar-refractivity contribution in [3.8, 4) is 0 Å². The molecule has 0 spiro atoms. The van der Waals surface area contributed by atoms with Crippen LogP contribution in [0.2, 0.25) is 0 Å². The molecule has 0 bridgehead atoms. The standard InChI is InChI=1S/C17H35NO5S/c1-6-7-11-17(4,5)15(19)23-22-13-9-8-10-16(2,3)12-14-24(18,20)21/h6-14H2,1-5H3,(H2,18,20,21). The first kappa shape index (κ1) is 23.3. The second-order valence-corrected chi connectivity index (χ2v) is 9.65. The van der Waals surface area contributed by atoms with Crippen molar-refractivity contribution in [2.75, 3.05) is 12.4 Å². The molecule has 0 unspecified atom stereocenters. The summed E-state index contributed by atoms with van der Waals surface area (Å²) in [6, 6.07) is 0. The number of hydrogen-bond donors (Lipinski definition) is 1. The third kappa shape index (κ3) is 11.8. The first-order valence-electron chi connectivity index (χ1n) is 8.74. The van der Waals surface area contributed by atoms with Crippen molar-refractivity contribution in [1.82, 2.24) is 0 Å². The minimum absolute atomic E-state index is 0.000948. The molecule has 0 fully saturated rings. The molecular weight excluding hydrogens is 330 g/mol. The summed E-state index contributed by atoms with van der Waals surface area (Å²) in [6.07, 6.45) is 5.82. The van der Waals surface area contributed by atoms with Crippen molar-refractivity contribution in [2.45, 2.75) is 79.6 Å². The monoisotopic (exact) mass is 365 g/mol. The van der Waals surface area contributed by atoms with E-state index in [1.54, 1.807) is 0 Å². The molecule has 0 aliphatic rings. The SMILES string of the molecule is CCCCC(C)(C)C(=O)OOCCCCC(C)(C)CCS(N)(=O)=O. The van der Waals surface area contributed by atoms with Crippen molar-refractivity contribution in [2.24, 2.45) is 16.0 Å². The molecule has 0 aliphatic carbocycles. The minimum atomic E-state index is -3.41. The Morgan fingerprint density at radius 1 is 1.00 bits per heavy atom. The lowest BCUT2D eigenvalue weighted by atomic mass is 9.85. The van der Waals surface area contributed by atoms with Crippen LogP contribution in [-0.4, -0.2) is 26.7 Å². The summed E-state index contributed by atoms with van der Waals surface area (Å²) in [5, 5.41) is 5.03. The Labute approximate surface area is 147 Å². The van der Waals surface area contributed by atoms with Crippen molar-refractivity contribution >= 4 is 16.0 Å². The van der Waals surface area contributed by atoms with Crippen LogP contribution in [0.15, 0.2) is 0 Å². The first-order chi connectivity index (χ1) is 10.9. The van der Waals surface area contributed by atoms with E-state index >= 15 is 0 Å². The van der Waals surface area contributed by atoms with Gasteiger partial charge in [0.2, 0.25) is 10.0 Å². The van der Waals surface area contributed by atoms with Gasteiger partial charge in [0.25, 0.3) is 0 Å². The van der Waals surface area contributed by atoms with Gasteiger partial charge in [-0.15, -0.1) is 0 Å². The molecule has 0 aromatic rings. The molecule has 0 saturated heterocycles. The van der Waals surface area contributed by atoms with Crippen molar-refractivity contribution in [1.29, 1.82) is 0 Å². The lowest BCUT2D eigenvalue weighted by molar-refractivity contribution is -0.280. The molecule has 0 aromatic carbocycles. The fraction of sp³-hybridized carbons (Fsp3) is 0.941. The predicted octanol–water partition coefficient (Wildman–Crippen LogP) is 3.55. The maximum absolute atomic E-state index is 11.9. The van der Waals surface area contributed by atoms with E-state index in [1.807, 2.05) is 27.7 Å². The van der Waals surface area contributed by atoms with Crippen LogP contribution in [-0.2, 0) is 24.6 Å². The summed E-state index contributed by atoms with van der Waals surface area (Å²) in [4.78, 5) is 21.8. The Bertz CT molecular complexity index is 471. The number of hydrogen-bond acceptors (Lipinski definition) is 5. The summed E-state index contributed by atoms with van der Waals surface area (Å²) in [5.74, 6) is -0.328. The van der Waals surface area contributed by atoms with E-state index in [1.165, 1.54) is 0 Å². The lowest BCUT2D eigenvalue weighted by Crippen LogP contribution is -2.27. The second kappa shape index (κ2) is 10.4. The maximum Gasteiger partial charge on any atom is 0.347 e. The number of rotatable bonds is 13. The van der Waals surface area contributed by atoms with Crippen LogP contribution in [0.4, 0.5) is 0 Å². The van der Waals surface area contributed by atoms with Gasteiger partial charge in [0.15, 0.2) is 0 Å². The molecular formula is C17H35NO5S. The Balaban J connectivity index is 3.88. The molecule has 0 amide bonds. The van der Waals surface area contributed by atoms with Crippen LogP contribution in [0.3, 0.4) is 0 Å². The van der Waals surface area contributed by atoms with E-state index < -0.39 is 15.4 Å². The molecule has 0 aliphatic heterocycles. The van der Waals surface area contributed by atoms with Gasteiger partial charge in [0, 0.05) is 0 Å². The number of unbranched alkanes of at least 4 members (excludes halogenated alkanes) is 2. The van der Waals surface area contributed by atoms with E-state index in [9.17, 15) is 13.2 Å². The average Bonchev–Trinajstić information content (AvgIpc) is 2.46. The molecule has 144 valence electrons. The van der Waals surface area contributed by atoms with Gasteiger partial charge >= 0.3 is 5.97 Å². The van der Waals surface area contributed by atoms with Gasteiger partial charge in [-0.2, -0.15) is 4.89 Å². The zero-order valence-corrected chi connectivity index (χ0v) is 16.7. The molecule has 0 radical (unpaired) electrons. The summed E-state index contributed by atoms with van der Waals surface area (Å²) >= 11 is 0. The molecule has 7 heteroatoms. The van der Waals surface area contributed by atoms with Crippen LogP contribution in [0.25, 0.3) is 0 Å². The number of nitrogens with two attached hydrogens (primary N) is 1. The zero-order valence-electron chi connectivity index (χ0n) is 15.9. The molecule has 0 aromatic heterocycles. The Morgan fingerprint density at radius 3 is 2.17 bits per heavy atom. The summed E-state index contributed by atoms with van der Waals surface area (Å²) in [6.45, 7) is 10.2. The highest BCUT2D eigenvalue weighted by Gasteiger charge is 2.29. The molecule has 0 atom stereocenters. The predicted molar refractivity (Wildman–Crippen MR) is 95.6 cm³/mol. The van der Waals surface area contributed by atoms with Crippen LogP contribution in [0.5, 0.6) is 0 Å². The number of carbonyl (C=O) groups is 1. The van der Waals surface area contributed by atoms with Crippen LogP contribution in [0.1, 0.15) is 79.6 Å². The van der Waals surface area contributed by atoms with Gasteiger partial charge in [-0.1, -0.05) is 40.0 Å². The Morgan fingerprint density at radius 2 is 1.62 bits per heavy atom. The number of primary sulfonamides is 1. The first-order valence-corrected chi connectivity index (χ1v) is 10.5. The summed E-state index contributed by atoms with van der Waals surface area (Å²) in [5.41, 5.74) is -0.614. The normalized spacial score (nSPS) is 13.1. The minimum Gasteiger partial charge on any atom is -0.298 e. The Hall–Kier alpha value is -0.660. The van der Waals surface area contributed by atoms with E-state index in [2.05, 4.69) is 6.92 Å². The van der Waals surface area contributed by atoms with E-state index in [0.29, 0.717) is 13.0 Å². The second-order valence-electron chi connectivity index (χ2n) is 7.92. The van der Waals surface area contributed by atoms with Gasteiger partial charge < -0.3 is 0 Å². The lowest BCUT2D eigenvalue weighted by Gasteiger charge is -2.24. The third-order valence-electron chi connectivity index (χ3n) is 4.24. The van der Waals surface area contributed by atoms with Gasteiger partial charge in [0.1, 0.15) is 0 Å². The van der Waals surface area contributed by atoms with Crippen molar-refractivity contribution in [3.63, 3.8) is 0 Å². The van der Waals surface area contributed by atoms with E-state index in [-0.39, 0.29) is 17.1 Å². The van der Waals surface area contributed by atoms with Gasteiger partial charge in [-0.25, -0.2) is 18.4 Å². The smallest absolute Gasteiger partial charge is 0.298 e. The van der Waals surface area contributed by atoms with Crippen LogP contribution >= 0.6 is 0 Å².